The Bertz CT molecular complexity index is 1730. The third-order valence-electron chi connectivity index (χ3n) is 11.9. The molecule has 2 aliphatic rings. The standard InChI is InChI=1S/2C22H25.C2H7Si.2ClH.Zr/c2*1-3-4-5-6-8-18-15-20-9-7-10-21(22(20)16-18)19-13-11-17(2)12-14-19;1-3-2;;;/h2*7,9-16H,3-6,8H2,1-2H3;3H,1-2H3;2*1H;/q;;;;;+2/p-2. The second-order valence-electron chi connectivity index (χ2n) is 15.7. The average Bonchev–Trinajstić information content (AvgIpc) is 3.69. The van der Waals surface area contributed by atoms with E-state index in [0.29, 0.717) is 0 Å². The van der Waals surface area contributed by atoms with E-state index in [0.717, 1.165) is 12.8 Å². The third kappa shape index (κ3) is 7.18. The molecule has 50 heavy (non-hydrogen) atoms. The molecule has 0 saturated carbocycles. The molecule has 4 aromatic carbocycles. The number of unbranched alkanes of at least 4 members (excludes halogenated alkanes) is 6. The quantitative estimate of drug-likeness (QED) is 0.0830. The number of benzene rings is 4. The van der Waals surface area contributed by atoms with Crippen molar-refractivity contribution in [3.63, 3.8) is 0 Å². The number of rotatable bonds is 15. The summed E-state index contributed by atoms with van der Waals surface area (Å²) in [5.41, 5.74) is 16.3. The molecule has 0 aliphatic heterocycles. The zero-order chi connectivity index (χ0) is 35.5. The van der Waals surface area contributed by atoms with E-state index >= 15 is 0 Å². The molecule has 0 N–H and O–H groups in total. The first-order valence-corrected chi connectivity index (χ1v) is 35.8. The summed E-state index contributed by atoms with van der Waals surface area (Å²) in [7, 11) is 17.7. The van der Waals surface area contributed by atoms with Crippen molar-refractivity contribution in [3.05, 3.63) is 129 Å². The predicted molar refractivity (Wildman–Crippen MR) is 223 cm³/mol. The van der Waals surface area contributed by atoms with Crippen molar-refractivity contribution in [3.8, 4) is 22.3 Å². The van der Waals surface area contributed by atoms with Gasteiger partial charge >= 0.3 is 315 Å². The van der Waals surface area contributed by atoms with Crippen LogP contribution in [0.15, 0.2) is 96.1 Å². The fraction of sp³-hybridized carbons (Fsp3) is 0.391. The molecular formula is C46H57Cl2SiZr. The molecule has 2 unspecified atom stereocenters. The van der Waals surface area contributed by atoms with Crippen LogP contribution in [0.25, 0.3) is 34.4 Å². The summed E-state index contributed by atoms with van der Waals surface area (Å²) in [5, 5.41) is 0. The third-order valence-corrected chi connectivity index (χ3v) is 63.7. The second-order valence-corrected chi connectivity index (χ2v) is 58.2. The molecule has 263 valence electrons. The molecule has 0 heterocycles. The van der Waals surface area contributed by atoms with Gasteiger partial charge in [0.2, 0.25) is 0 Å². The van der Waals surface area contributed by atoms with E-state index in [1.165, 1.54) is 118 Å². The van der Waals surface area contributed by atoms with Crippen LogP contribution in [-0.2, 0) is 15.6 Å². The first-order valence-electron chi connectivity index (χ1n) is 19.5. The number of halogens is 2. The summed E-state index contributed by atoms with van der Waals surface area (Å²) in [4.78, 5) is 0. The molecule has 0 saturated heterocycles. The molecule has 0 fully saturated rings. The Morgan fingerprint density at radius 2 is 0.940 bits per heavy atom. The number of aryl methyl sites for hydroxylation is 2. The van der Waals surface area contributed by atoms with E-state index in [9.17, 15) is 0 Å². The fourth-order valence-electron chi connectivity index (χ4n) is 8.98. The minimum atomic E-state index is -4.88. The molecule has 4 aromatic rings. The first kappa shape index (κ1) is 37.8. The van der Waals surface area contributed by atoms with Gasteiger partial charge in [0.15, 0.2) is 0 Å². The summed E-state index contributed by atoms with van der Waals surface area (Å²) >= 11 is -4.88. The van der Waals surface area contributed by atoms with Crippen molar-refractivity contribution >= 4 is 35.1 Å². The molecule has 0 amide bonds. The van der Waals surface area contributed by atoms with Crippen molar-refractivity contribution in [2.45, 2.75) is 112 Å². The zero-order valence-corrected chi connectivity index (χ0v) is 36.4. The molecule has 0 aromatic heterocycles. The topological polar surface area (TPSA) is 0 Å². The SMILES string of the molecule is CCCCCCC1=Cc2c(-c3ccc(C)cc3)cccc2[CH]1[Zr]([Cl])([Cl])([CH]1C(CCCCCC)=Cc2c(-c3ccc(C)cc3)cccc21)[SiH](C)C. The van der Waals surface area contributed by atoms with Gasteiger partial charge in [0, 0.05) is 0 Å². The van der Waals surface area contributed by atoms with Crippen molar-refractivity contribution in [1.29, 1.82) is 0 Å². The van der Waals surface area contributed by atoms with Crippen LogP contribution >= 0.6 is 17.0 Å². The molecular weight excluding hydrogens is 743 g/mol. The molecule has 2 aliphatic carbocycles. The van der Waals surface area contributed by atoms with Crippen molar-refractivity contribution in [2.24, 2.45) is 0 Å². The second kappa shape index (κ2) is 16.0. The Hall–Kier alpha value is -1.96. The van der Waals surface area contributed by atoms with Crippen LogP contribution in [0.3, 0.4) is 0 Å². The fourth-order valence-corrected chi connectivity index (χ4v) is 40.5. The summed E-state index contributed by atoms with van der Waals surface area (Å²) < 4.78 is 0.262. The van der Waals surface area contributed by atoms with Gasteiger partial charge in [-0.3, -0.25) is 0 Å². The molecule has 2 atom stereocenters. The summed E-state index contributed by atoms with van der Waals surface area (Å²) in [5.74, 6) is -1.64. The van der Waals surface area contributed by atoms with E-state index in [1.54, 1.807) is 0 Å². The monoisotopic (exact) mass is 797 g/mol. The molecule has 0 bridgehead atoms. The average molecular weight is 800 g/mol. The van der Waals surface area contributed by atoms with E-state index in [4.69, 9.17) is 17.0 Å². The van der Waals surface area contributed by atoms with Gasteiger partial charge in [0.1, 0.15) is 0 Å². The maximum atomic E-state index is 8.86. The van der Waals surface area contributed by atoms with Crippen LogP contribution in [-0.4, -0.2) is 5.92 Å². The van der Waals surface area contributed by atoms with E-state index in [-0.39, 0.29) is 7.25 Å². The van der Waals surface area contributed by atoms with Gasteiger partial charge in [-0.25, -0.2) is 0 Å². The van der Waals surface area contributed by atoms with Crippen LogP contribution in [0.4, 0.5) is 0 Å². The van der Waals surface area contributed by atoms with Gasteiger partial charge in [0.05, 0.1) is 0 Å². The Morgan fingerprint density at radius 3 is 1.30 bits per heavy atom. The number of hydrogen-bond donors (Lipinski definition) is 0. The molecule has 0 radical (unpaired) electrons. The molecule has 4 heteroatoms. The van der Waals surface area contributed by atoms with E-state index < -0.39 is 21.5 Å². The Kier molecular flexibility index (Phi) is 12.1. The first-order chi connectivity index (χ1) is 24.1. The van der Waals surface area contributed by atoms with Gasteiger partial charge in [-0.05, 0) is 0 Å². The van der Waals surface area contributed by atoms with Gasteiger partial charge in [-0.15, -0.1) is 0 Å². The number of hydrogen-bond acceptors (Lipinski definition) is 0. The van der Waals surface area contributed by atoms with Gasteiger partial charge < -0.3 is 0 Å². The number of fused-ring (bicyclic) bond motifs is 2. The summed E-state index contributed by atoms with van der Waals surface area (Å²) in [6.07, 6.45) is 17.2. The van der Waals surface area contributed by atoms with Crippen molar-refractivity contribution in [1.82, 2.24) is 0 Å². The van der Waals surface area contributed by atoms with Gasteiger partial charge in [-0.2, -0.15) is 0 Å². The molecule has 0 spiro atoms. The van der Waals surface area contributed by atoms with E-state index in [2.05, 4.69) is 138 Å². The number of allylic oxidation sites excluding steroid dienone is 2. The predicted octanol–water partition coefficient (Wildman–Crippen LogP) is 15.1. The van der Waals surface area contributed by atoms with Crippen LogP contribution in [0.1, 0.15) is 119 Å². The van der Waals surface area contributed by atoms with Crippen molar-refractivity contribution < 1.29 is 15.6 Å². The van der Waals surface area contributed by atoms with Crippen LogP contribution in [0.2, 0.25) is 13.1 Å². The van der Waals surface area contributed by atoms with E-state index in [1.807, 2.05) is 0 Å². The van der Waals surface area contributed by atoms with Gasteiger partial charge in [-0.1, -0.05) is 0 Å². The Morgan fingerprint density at radius 1 is 0.540 bits per heavy atom. The maximum absolute atomic E-state index is 8.86. The normalized spacial score (nSPS) is 17.7. The summed E-state index contributed by atoms with van der Waals surface area (Å²) in [6.45, 7) is 13.9. The van der Waals surface area contributed by atoms with Gasteiger partial charge in [0.25, 0.3) is 0 Å². The zero-order valence-electron chi connectivity index (χ0n) is 31.3. The van der Waals surface area contributed by atoms with Crippen LogP contribution < -0.4 is 0 Å². The van der Waals surface area contributed by atoms with Crippen LogP contribution in [0.5, 0.6) is 0 Å². The molecule has 0 nitrogen and oxygen atoms in total. The van der Waals surface area contributed by atoms with Crippen LogP contribution in [0, 0.1) is 13.8 Å². The minimum absolute atomic E-state index is 0.131. The molecule has 6 rings (SSSR count). The Balaban J connectivity index is 1.55. The summed E-state index contributed by atoms with van der Waals surface area (Å²) in [6, 6.07) is 32.1. The van der Waals surface area contributed by atoms with Crippen molar-refractivity contribution in [2.75, 3.05) is 0 Å². The Labute approximate surface area is 312 Å².